The maximum atomic E-state index is 11.0. The van der Waals surface area contributed by atoms with Crippen molar-refractivity contribution in [2.24, 2.45) is 0 Å². The molecule has 0 amide bonds. The highest BCUT2D eigenvalue weighted by Gasteiger charge is 2.15. The van der Waals surface area contributed by atoms with E-state index in [4.69, 9.17) is 4.18 Å². The molecule has 0 bridgehead atoms. The Morgan fingerprint density at radius 2 is 1.04 bits per heavy atom. The zero-order valence-corrected chi connectivity index (χ0v) is 18.9. The summed E-state index contributed by atoms with van der Waals surface area (Å²) >= 11 is 0. The number of nitrogens with zero attached hydrogens (tertiary/aromatic N) is 1. The van der Waals surface area contributed by atoms with Crippen molar-refractivity contribution in [1.29, 1.82) is 0 Å². The number of hydrogen-bond acceptors (Lipinski definition) is 3. The summed E-state index contributed by atoms with van der Waals surface area (Å²) in [6, 6.07) is 0. The molecule has 0 radical (unpaired) electrons. The second-order valence-corrected chi connectivity index (χ2v) is 10.1. The van der Waals surface area contributed by atoms with Crippen LogP contribution in [-0.2, 0) is 14.3 Å². The lowest BCUT2D eigenvalue weighted by Gasteiger charge is -2.29. The Morgan fingerprint density at radius 1 is 0.654 bits per heavy atom. The van der Waals surface area contributed by atoms with Crippen LogP contribution in [0.4, 0.5) is 0 Å². The lowest BCUT2D eigenvalue weighted by atomic mass is 10.0. The zero-order chi connectivity index (χ0) is 19.7. The molecule has 4 nitrogen and oxygen atoms in total. The average molecular weight is 393 g/mol. The monoisotopic (exact) mass is 392 g/mol. The van der Waals surface area contributed by atoms with Crippen molar-refractivity contribution in [2.75, 3.05) is 40.0 Å². The fourth-order valence-corrected chi connectivity index (χ4v) is 3.66. The molecule has 0 spiro atoms. The number of likely N-dealkylation sites (N-methyl/N-ethyl adjacent to an activating group) is 1. The summed E-state index contributed by atoms with van der Waals surface area (Å²) in [4.78, 5) is 0. The van der Waals surface area contributed by atoms with Gasteiger partial charge in [-0.25, -0.2) is 0 Å². The van der Waals surface area contributed by atoms with Gasteiger partial charge in [0.2, 0.25) is 0 Å². The van der Waals surface area contributed by atoms with Crippen LogP contribution < -0.4 is 0 Å². The third-order valence-electron chi connectivity index (χ3n) is 5.11. The van der Waals surface area contributed by atoms with Gasteiger partial charge in [-0.3, -0.25) is 4.18 Å². The van der Waals surface area contributed by atoms with E-state index in [9.17, 15) is 8.42 Å². The van der Waals surface area contributed by atoms with Crippen molar-refractivity contribution >= 4 is 10.1 Å². The Bertz CT molecular complexity index is 407. The van der Waals surface area contributed by atoms with Crippen molar-refractivity contribution in [3.8, 4) is 0 Å². The second-order valence-electron chi connectivity index (χ2n) is 8.51. The summed E-state index contributed by atoms with van der Waals surface area (Å²) in [5.74, 6) is 0. The van der Waals surface area contributed by atoms with Gasteiger partial charge >= 0.3 is 0 Å². The van der Waals surface area contributed by atoms with Gasteiger partial charge in [0.1, 0.15) is 13.2 Å². The summed E-state index contributed by atoms with van der Waals surface area (Å²) < 4.78 is 27.6. The lowest BCUT2D eigenvalue weighted by molar-refractivity contribution is -0.890. The summed E-state index contributed by atoms with van der Waals surface area (Å²) in [6.07, 6.45) is 20.4. The van der Waals surface area contributed by atoms with Crippen molar-refractivity contribution in [1.82, 2.24) is 0 Å². The molecule has 0 aliphatic heterocycles. The summed E-state index contributed by atoms with van der Waals surface area (Å²) in [5.41, 5.74) is 0. The highest BCUT2D eigenvalue weighted by Crippen LogP contribution is 2.13. The van der Waals surface area contributed by atoms with Crippen molar-refractivity contribution in [3.63, 3.8) is 0 Å². The molecule has 5 heteroatoms. The molecule has 0 unspecified atom stereocenters. The molecule has 26 heavy (non-hydrogen) atoms. The Kier molecular flexibility index (Phi) is 15.8. The van der Waals surface area contributed by atoms with Gasteiger partial charge in [-0.1, -0.05) is 84.0 Å². The van der Waals surface area contributed by atoms with E-state index in [2.05, 4.69) is 21.0 Å². The van der Waals surface area contributed by atoms with Gasteiger partial charge in [-0.2, -0.15) is 8.42 Å². The minimum atomic E-state index is -3.31. The number of unbranched alkanes of at least 4 members (excludes halogenated alkanes) is 13. The predicted octanol–water partition coefficient (Wildman–Crippen LogP) is 5.52. The predicted molar refractivity (Wildman–Crippen MR) is 113 cm³/mol. The van der Waals surface area contributed by atoms with E-state index < -0.39 is 10.1 Å². The van der Waals surface area contributed by atoms with Gasteiger partial charge in [-0.05, 0) is 12.8 Å². The Hall–Kier alpha value is -0.130. The molecule has 0 fully saturated rings. The first kappa shape index (κ1) is 25.9. The molecule has 0 aliphatic rings. The van der Waals surface area contributed by atoms with Gasteiger partial charge in [0, 0.05) is 0 Å². The van der Waals surface area contributed by atoms with Crippen LogP contribution >= 0.6 is 0 Å². The molecule has 0 saturated carbocycles. The first-order chi connectivity index (χ1) is 12.3. The summed E-state index contributed by atoms with van der Waals surface area (Å²) in [5, 5.41) is 0. The van der Waals surface area contributed by atoms with Gasteiger partial charge in [0.15, 0.2) is 0 Å². The van der Waals surface area contributed by atoms with Crippen LogP contribution in [0.2, 0.25) is 0 Å². The topological polar surface area (TPSA) is 43.4 Å². The number of hydrogen-bond donors (Lipinski definition) is 0. The molecule has 0 aromatic rings. The van der Waals surface area contributed by atoms with Crippen LogP contribution in [0.3, 0.4) is 0 Å². The van der Waals surface area contributed by atoms with Gasteiger partial charge in [-0.15, -0.1) is 0 Å². The van der Waals surface area contributed by atoms with Gasteiger partial charge < -0.3 is 4.48 Å². The minimum Gasteiger partial charge on any atom is -0.327 e. The standard InChI is InChI=1S/C21H46NO3S/c1-5-6-7-8-9-10-11-12-13-14-15-16-17-18-19-22(2,3)20-21-25-26(4,23)24/h5-21H2,1-4H3/q+1. The molecular formula is C21H46NO3S+. The summed E-state index contributed by atoms with van der Waals surface area (Å²) in [7, 11) is 0.987. The Balaban J connectivity index is 3.34. The molecule has 0 heterocycles. The Labute approximate surface area is 164 Å². The quantitative estimate of drug-likeness (QED) is 0.165. The third kappa shape index (κ3) is 20.2. The molecule has 0 aromatic heterocycles. The van der Waals surface area contributed by atoms with Crippen LogP contribution in [0.15, 0.2) is 0 Å². The maximum Gasteiger partial charge on any atom is 0.264 e. The van der Waals surface area contributed by atoms with Crippen LogP contribution in [0.5, 0.6) is 0 Å². The van der Waals surface area contributed by atoms with Crippen LogP contribution in [0, 0.1) is 0 Å². The van der Waals surface area contributed by atoms with E-state index in [0.29, 0.717) is 0 Å². The van der Waals surface area contributed by atoms with Crippen molar-refractivity contribution in [3.05, 3.63) is 0 Å². The van der Waals surface area contributed by atoms with Gasteiger partial charge in [0.05, 0.1) is 26.9 Å². The van der Waals surface area contributed by atoms with Crippen LogP contribution in [0.1, 0.15) is 96.8 Å². The van der Waals surface area contributed by atoms with E-state index in [1.165, 1.54) is 89.9 Å². The number of rotatable bonds is 19. The molecule has 0 N–H and O–H groups in total. The number of quaternary nitrogens is 1. The first-order valence-corrected chi connectivity index (χ1v) is 12.7. The van der Waals surface area contributed by atoms with Crippen molar-refractivity contribution < 1.29 is 17.1 Å². The Morgan fingerprint density at radius 3 is 1.42 bits per heavy atom. The molecular weight excluding hydrogens is 346 g/mol. The van der Waals surface area contributed by atoms with E-state index in [0.717, 1.165) is 23.8 Å². The molecule has 0 saturated heterocycles. The molecule has 0 aliphatic carbocycles. The largest absolute Gasteiger partial charge is 0.327 e. The maximum absolute atomic E-state index is 11.0. The van der Waals surface area contributed by atoms with Gasteiger partial charge in [0.25, 0.3) is 10.1 Å². The summed E-state index contributed by atoms with van der Waals surface area (Å²) in [6.45, 7) is 4.39. The fourth-order valence-electron chi connectivity index (χ4n) is 3.28. The molecule has 158 valence electrons. The normalized spacial score (nSPS) is 12.6. The van der Waals surface area contributed by atoms with E-state index >= 15 is 0 Å². The molecule has 0 aromatic carbocycles. The molecule has 0 atom stereocenters. The fraction of sp³-hybridized carbons (Fsp3) is 1.00. The van der Waals surface area contributed by atoms with E-state index in [1.54, 1.807) is 0 Å². The van der Waals surface area contributed by atoms with Crippen LogP contribution in [-0.4, -0.2) is 52.9 Å². The van der Waals surface area contributed by atoms with Crippen LogP contribution in [0.25, 0.3) is 0 Å². The highest BCUT2D eigenvalue weighted by molar-refractivity contribution is 7.85. The highest BCUT2D eigenvalue weighted by atomic mass is 32.2. The van der Waals surface area contributed by atoms with E-state index in [1.807, 2.05) is 0 Å². The van der Waals surface area contributed by atoms with Crippen molar-refractivity contribution in [2.45, 2.75) is 96.8 Å². The second kappa shape index (κ2) is 15.9. The minimum absolute atomic E-state index is 0.282. The average Bonchev–Trinajstić information content (AvgIpc) is 2.53. The SMILES string of the molecule is CCCCCCCCCCCCCCCC[N+](C)(C)CCOS(C)(=O)=O. The first-order valence-electron chi connectivity index (χ1n) is 10.9. The third-order valence-corrected chi connectivity index (χ3v) is 5.71. The molecule has 0 rings (SSSR count). The lowest BCUT2D eigenvalue weighted by Crippen LogP contribution is -2.43. The smallest absolute Gasteiger partial charge is 0.264 e. The zero-order valence-electron chi connectivity index (χ0n) is 18.1. The van der Waals surface area contributed by atoms with E-state index in [-0.39, 0.29) is 6.61 Å².